The van der Waals surface area contributed by atoms with Gasteiger partial charge < -0.3 is 5.73 Å². The fourth-order valence-electron chi connectivity index (χ4n) is 1.33. The molecule has 0 aliphatic heterocycles. The van der Waals surface area contributed by atoms with Crippen LogP contribution in [0.1, 0.15) is 10.6 Å². The van der Waals surface area contributed by atoms with Crippen LogP contribution in [0.4, 0.5) is 0 Å². The fraction of sp³-hybridized carbons (Fsp3) is 0.182. The molecule has 0 amide bonds. The van der Waals surface area contributed by atoms with E-state index in [1.165, 1.54) is 4.88 Å². The Kier molecular flexibility index (Phi) is 3.05. The summed E-state index contributed by atoms with van der Waals surface area (Å²) in [4.78, 5) is 5.66. The Balaban J connectivity index is 2.41. The average Bonchev–Trinajstić information content (AvgIpc) is 2.61. The summed E-state index contributed by atoms with van der Waals surface area (Å²) in [5, 5.41) is 1.75. The summed E-state index contributed by atoms with van der Waals surface area (Å²) in [6, 6.07) is 7.69. The van der Waals surface area contributed by atoms with Crippen LogP contribution in [0.25, 0.3) is 10.6 Å². The Hall–Kier alpha value is -0.900. The van der Waals surface area contributed by atoms with Crippen molar-refractivity contribution in [3.8, 4) is 10.6 Å². The molecule has 0 atom stereocenters. The number of benzene rings is 1. The van der Waals surface area contributed by atoms with Crippen molar-refractivity contribution >= 4 is 22.9 Å². The van der Waals surface area contributed by atoms with Crippen LogP contribution in [0.2, 0.25) is 5.02 Å². The molecular weight excluding hydrogens is 228 g/mol. The molecule has 2 N–H and O–H groups in total. The Labute approximate surface area is 97.7 Å². The number of rotatable bonds is 2. The summed E-state index contributed by atoms with van der Waals surface area (Å²) >= 11 is 7.49. The van der Waals surface area contributed by atoms with Crippen LogP contribution < -0.4 is 5.73 Å². The number of aromatic nitrogens is 1. The van der Waals surface area contributed by atoms with Crippen molar-refractivity contribution in [3.63, 3.8) is 0 Å². The molecular formula is C11H11ClN2S. The van der Waals surface area contributed by atoms with Gasteiger partial charge in [0, 0.05) is 22.0 Å². The van der Waals surface area contributed by atoms with E-state index < -0.39 is 0 Å². The zero-order chi connectivity index (χ0) is 10.8. The first-order chi connectivity index (χ1) is 7.20. The molecule has 0 saturated heterocycles. The molecule has 0 radical (unpaired) electrons. The molecule has 15 heavy (non-hydrogen) atoms. The minimum Gasteiger partial charge on any atom is -0.325 e. The predicted molar refractivity (Wildman–Crippen MR) is 65.2 cm³/mol. The average molecular weight is 239 g/mol. The number of aryl methyl sites for hydroxylation is 1. The first kappa shape index (κ1) is 10.6. The van der Waals surface area contributed by atoms with E-state index in [-0.39, 0.29) is 0 Å². The maximum atomic E-state index is 5.83. The minimum absolute atomic E-state index is 0.496. The van der Waals surface area contributed by atoms with Gasteiger partial charge in [0.05, 0.1) is 5.69 Å². The lowest BCUT2D eigenvalue weighted by molar-refractivity contribution is 0.998. The van der Waals surface area contributed by atoms with Gasteiger partial charge in [0.15, 0.2) is 0 Å². The van der Waals surface area contributed by atoms with Gasteiger partial charge in [0.1, 0.15) is 5.01 Å². The number of hydrogen-bond donors (Lipinski definition) is 1. The molecule has 0 aliphatic carbocycles. The van der Waals surface area contributed by atoms with Crippen molar-refractivity contribution in [3.05, 3.63) is 39.9 Å². The van der Waals surface area contributed by atoms with Crippen LogP contribution in [0.3, 0.4) is 0 Å². The summed E-state index contributed by atoms with van der Waals surface area (Å²) in [5.74, 6) is 0. The topological polar surface area (TPSA) is 38.9 Å². The molecule has 2 rings (SSSR count). The standard InChI is InChI=1S/C11H11ClN2S/c1-7-10(6-13)14-11(15-7)8-2-4-9(12)5-3-8/h2-5H,6,13H2,1H3. The van der Waals surface area contributed by atoms with Crippen LogP contribution in [-0.4, -0.2) is 4.98 Å². The van der Waals surface area contributed by atoms with Gasteiger partial charge in [-0.15, -0.1) is 11.3 Å². The molecule has 0 spiro atoms. The lowest BCUT2D eigenvalue weighted by Gasteiger charge is -1.95. The van der Waals surface area contributed by atoms with E-state index in [4.69, 9.17) is 17.3 Å². The number of halogens is 1. The summed E-state index contributed by atoms with van der Waals surface area (Å²) in [5.41, 5.74) is 7.66. The van der Waals surface area contributed by atoms with E-state index >= 15 is 0 Å². The van der Waals surface area contributed by atoms with Crippen molar-refractivity contribution in [2.75, 3.05) is 0 Å². The van der Waals surface area contributed by atoms with Crippen LogP contribution in [0.5, 0.6) is 0 Å². The summed E-state index contributed by atoms with van der Waals surface area (Å²) in [6.07, 6.45) is 0. The SMILES string of the molecule is Cc1sc(-c2ccc(Cl)cc2)nc1CN. The largest absolute Gasteiger partial charge is 0.325 e. The highest BCUT2D eigenvalue weighted by Gasteiger charge is 2.07. The minimum atomic E-state index is 0.496. The molecule has 0 unspecified atom stereocenters. The van der Waals surface area contributed by atoms with Crippen molar-refractivity contribution < 1.29 is 0 Å². The Morgan fingerprint density at radius 3 is 2.53 bits per heavy atom. The molecule has 0 aliphatic rings. The number of nitrogens with zero attached hydrogens (tertiary/aromatic N) is 1. The van der Waals surface area contributed by atoms with Crippen molar-refractivity contribution in [1.82, 2.24) is 4.98 Å². The zero-order valence-electron chi connectivity index (χ0n) is 8.33. The van der Waals surface area contributed by atoms with Crippen LogP contribution in [0, 0.1) is 6.92 Å². The molecule has 1 aromatic carbocycles. The van der Waals surface area contributed by atoms with Crippen molar-refractivity contribution in [1.29, 1.82) is 0 Å². The van der Waals surface area contributed by atoms with Crippen LogP contribution in [-0.2, 0) is 6.54 Å². The van der Waals surface area contributed by atoms with E-state index in [9.17, 15) is 0 Å². The summed E-state index contributed by atoms with van der Waals surface area (Å²) < 4.78 is 0. The first-order valence-corrected chi connectivity index (χ1v) is 5.82. The quantitative estimate of drug-likeness (QED) is 0.873. The van der Waals surface area contributed by atoms with Crippen molar-refractivity contribution in [2.45, 2.75) is 13.5 Å². The van der Waals surface area contributed by atoms with Gasteiger partial charge >= 0.3 is 0 Å². The second kappa shape index (κ2) is 4.31. The van der Waals surface area contributed by atoms with Crippen molar-refractivity contribution in [2.24, 2.45) is 5.73 Å². The lowest BCUT2D eigenvalue weighted by atomic mass is 10.2. The molecule has 0 fully saturated rings. The van der Waals surface area contributed by atoms with E-state index in [1.807, 2.05) is 31.2 Å². The predicted octanol–water partition coefficient (Wildman–Crippen LogP) is 3.23. The summed E-state index contributed by atoms with van der Waals surface area (Å²) in [6.45, 7) is 2.54. The summed E-state index contributed by atoms with van der Waals surface area (Å²) in [7, 11) is 0. The monoisotopic (exact) mass is 238 g/mol. The molecule has 2 aromatic rings. The fourth-order valence-corrected chi connectivity index (χ4v) is 2.41. The van der Waals surface area contributed by atoms with Gasteiger partial charge in [-0.25, -0.2) is 4.98 Å². The third kappa shape index (κ3) is 2.20. The first-order valence-electron chi connectivity index (χ1n) is 4.63. The van der Waals surface area contributed by atoms with Gasteiger partial charge in [0.2, 0.25) is 0 Å². The van der Waals surface area contributed by atoms with Crippen LogP contribution in [0.15, 0.2) is 24.3 Å². The number of nitrogens with two attached hydrogens (primary N) is 1. The van der Waals surface area contributed by atoms with E-state index in [0.29, 0.717) is 6.54 Å². The molecule has 0 saturated carbocycles. The molecule has 1 heterocycles. The normalized spacial score (nSPS) is 10.6. The lowest BCUT2D eigenvalue weighted by Crippen LogP contribution is -1.97. The molecule has 1 aromatic heterocycles. The van der Waals surface area contributed by atoms with Gasteiger partial charge in [-0.1, -0.05) is 23.7 Å². The molecule has 78 valence electrons. The number of hydrogen-bond acceptors (Lipinski definition) is 3. The highest BCUT2D eigenvalue weighted by Crippen LogP contribution is 2.28. The Morgan fingerprint density at radius 2 is 2.00 bits per heavy atom. The third-order valence-corrected chi connectivity index (χ3v) is 3.49. The highest BCUT2D eigenvalue weighted by atomic mass is 35.5. The second-order valence-corrected chi connectivity index (χ2v) is 4.87. The van der Waals surface area contributed by atoms with Gasteiger partial charge in [-0.05, 0) is 19.1 Å². The van der Waals surface area contributed by atoms with E-state index in [2.05, 4.69) is 4.98 Å². The Morgan fingerprint density at radius 1 is 1.33 bits per heavy atom. The molecule has 2 nitrogen and oxygen atoms in total. The molecule has 4 heteroatoms. The maximum absolute atomic E-state index is 5.83. The molecule has 0 bridgehead atoms. The van der Waals surface area contributed by atoms with Gasteiger partial charge in [-0.2, -0.15) is 0 Å². The smallest absolute Gasteiger partial charge is 0.123 e. The second-order valence-electron chi connectivity index (χ2n) is 3.23. The zero-order valence-corrected chi connectivity index (χ0v) is 9.90. The van der Waals surface area contributed by atoms with E-state index in [1.54, 1.807) is 11.3 Å². The maximum Gasteiger partial charge on any atom is 0.123 e. The van der Waals surface area contributed by atoms with Gasteiger partial charge in [-0.3, -0.25) is 0 Å². The van der Waals surface area contributed by atoms with E-state index in [0.717, 1.165) is 21.3 Å². The third-order valence-electron chi connectivity index (χ3n) is 2.18. The van der Waals surface area contributed by atoms with Crippen LogP contribution >= 0.6 is 22.9 Å². The number of thiazole rings is 1. The van der Waals surface area contributed by atoms with Gasteiger partial charge in [0.25, 0.3) is 0 Å². The Bertz CT molecular complexity index is 462. The highest BCUT2D eigenvalue weighted by molar-refractivity contribution is 7.15.